The molecule has 0 atom stereocenters. The zero-order valence-corrected chi connectivity index (χ0v) is 13.0. The summed E-state index contributed by atoms with van der Waals surface area (Å²) in [6.07, 6.45) is 3.55. The first-order valence-corrected chi connectivity index (χ1v) is 7.59. The summed E-state index contributed by atoms with van der Waals surface area (Å²) in [7, 11) is 0. The molecular weight excluding hydrogens is 292 g/mol. The lowest BCUT2D eigenvalue weighted by molar-refractivity contribution is 0.643. The number of imidazole rings is 1. The third-order valence-corrected chi connectivity index (χ3v) is 3.67. The number of nitrogens with one attached hydrogen (secondary N) is 2. The molecule has 0 aliphatic carbocycles. The van der Waals surface area contributed by atoms with E-state index in [2.05, 4.69) is 31.8 Å². The van der Waals surface area contributed by atoms with Crippen LogP contribution in [0, 0.1) is 5.41 Å². The van der Waals surface area contributed by atoms with E-state index in [0.717, 1.165) is 35.2 Å². The summed E-state index contributed by atoms with van der Waals surface area (Å²) in [5.41, 5.74) is 14.6. The Hall–Kier alpha value is -2.90. The summed E-state index contributed by atoms with van der Waals surface area (Å²) in [6, 6.07) is 3.73. The van der Waals surface area contributed by atoms with Gasteiger partial charge in [-0.3, -0.25) is 10.4 Å². The third kappa shape index (κ3) is 2.75. The number of fused-ring (bicyclic) bond motifs is 3. The zero-order chi connectivity index (χ0) is 16.4. The van der Waals surface area contributed by atoms with E-state index >= 15 is 0 Å². The van der Waals surface area contributed by atoms with Crippen LogP contribution in [-0.2, 0) is 13.0 Å². The molecule has 0 bridgehead atoms. The van der Waals surface area contributed by atoms with Crippen LogP contribution in [0.2, 0.25) is 0 Å². The summed E-state index contributed by atoms with van der Waals surface area (Å²) in [5.74, 6) is 1.31. The van der Waals surface area contributed by atoms with E-state index < -0.39 is 0 Å². The number of aromatic nitrogens is 4. The molecule has 0 radical (unpaired) electrons. The number of hydrogen-bond acceptors (Lipinski definition) is 5. The van der Waals surface area contributed by atoms with Gasteiger partial charge < -0.3 is 21.4 Å². The molecule has 8 nitrogen and oxygen atoms in total. The fourth-order valence-electron chi connectivity index (χ4n) is 2.73. The van der Waals surface area contributed by atoms with E-state index in [9.17, 15) is 0 Å². The summed E-state index contributed by atoms with van der Waals surface area (Å²) < 4.78 is 2.10. The molecule has 120 valence electrons. The molecule has 23 heavy (non-hydrogen) atoms. The van der Waals surface area contributed by atoms with Crippen molar-refractivity contribution in [2.75, 3.05) is 12.3 Å². The van der Waals surface area contributed by atoms with Gasteiger partial charge in [0.25, 0.3) is 0 Å². The Balaban J connectivity index is 2.20. The minimum Gasteiger partial charge on any atom is -0.382 e. The van der Waals surface area contributed by atoms with Gasteiger partial charge in [-0.25, -0.2) is 9.97 Å². The zero-order valence-electron chi connectivity index (χ0n) is 13.0. The number of aryl methyl sites for hydroxylation is 1. The Morgan fingerprint density at radius 1 is 1.35 bits per heavy atom. The molecule has 3 aromatic heterocycles. The number of anilines is 1. The highest BCUT2D eigenvalue weighted by Gasteiger charge is 2.17. The molecule has 3 aromatic rings. The Morgan fingerprint density at radius 2 is 2.17 bits per heavy atom. The van der Waals surface area contributed by atoms with Gasteiger partial charge in [-0.2, -0.15) is 0 Å². The normalized spacial score (nSPS) is 11.2. The molecular formula is C15H20N8. The smallest absolute Gasteiger partial charge is 0.185 e. The van der Waals surface area contributed by atoms with Crippen molar-refractivity contribution < 1.29 is 0 Å². The number of rotatable bonds is 5. The number of pyridine rings is 2. The minimum absolute atomic E-state index is 0.0457. The molecule has 3 rings (SSSR count). The monoisotopic (exact) mass is 312 g/mol. The fourth-order valence-corrected chi connectivity index (χ4v) is 2.73. The second-order valence-corrected chi connectivity index (χ2v) is 5.34. The predicted molar refractivity (Wildman–Crippen MR) is 91.2 cm³/mol. The largest absolute Gasteiger partial charge is 0.382 e. The SMILES string of the molecule is CCCc1nc2c(N)nc3cccnc3c2n1CCNC(=N)N. The summed E-state index contributed by atoms with van der Waals surface area (Å²) in [4.78, 5) is 13.5. The summed E-state index contributed by atoms with van der Waals surface area (Å²) in [5, 5.41) is 10.1. The third-order valence-electron chi connectivity index (χ3n) is 3.67. The van der Waals surface area contributed by atoms with E-state index in [4.69, 9.17) is 16.9 Å². The highest BCUT2D eigenvalue weighted by Crippen LogP contribution is 2.27. The van der Waals surface area contributed by atoms with Crippen molar-refractivity contribution in [3.63, 3.8) is 0 Å². The molecule has 0 fully saturated rings. The molecule has 0 spiro atoms. The highest BCUT2D eigenvalue weighted by molar-refractivity contribution is 6.04. The first-order valence-electron chi connectivity index (χ1n) is 7.59. The molecule has 8 heteroatoms. The van der Waals surface area contributed by atoms with E-state index in [-0.39, 0.29) is 5.96 Å². The van der Waals surface area contributed by atoms with Crippen molar-refractivity contribution in [3.8, 4) is 0 Å². The van der Waals surface area contributed by atoms with Crippen LogP contribution in [0.1, 0.15) is 19.2 Å². The number of guanidine groups is 1. The first-order chi connectivity index (χ1) is 11.1. The lowest BCUT2D eigenvalue weighted by Crippen LogP contribution is -2.33. The van der Waals surface area contributed by atoms with Crippen LogP contribution in [0.3, 0.4) is 0 Å². The average molecular weight is 312 g/mol. The second kappa shape index (κ2) is 6.07. The van der Waals surface area contributed by atoms with E-state index in [1.54, 1.807) is 6.20 Å². The Kier molecular flexibility index (Phi) is 3.96. The molecule has 0 aromatic carbocycles. The van der Waals surface area contributed by atoms with Crippen molar-refractivity contribution in [2.45, 2.75) is 26.3 Å². The molecule has 0 amide bonds. The van der Waals surface area contributed by atoms with Gasteiger partial charge in [-0.05, 0) is 18.6 Å². The van der Waals surface area contributed by atoms with Gasteiger partial charge in [0, 0.05) is 25.7 Å². The first kappa shape index (κ1) is 15.0. The molecule has 0 unspecified atom stereocenters. The number of nitrogens with two attached hydrogens (primary N) is 2. The maximum atomic E-state index is 7.29. The van der Waals surface area contributed by atoms with E-state index in [0.29, 0.717) is 24.4 Å². The number of nitrogens with zero attached hydrogens (tertiary/aromatic N) is 4. The highest BCUT2D eigenvalue weighted by atomic mass is 15.1. The Morgan fingerprint density at radius 3 is 2.91 bits per heavy atom. The molecule has 0 saturated heterocycles. The van der Waals surface area contributed by atoms with Crippen LogP contribution in [-0.4, -0.2) is 32.0 Å². The molecule has 3 heterocycles. The quantitative estimate of drug-likeness (QED) is 0.410. The van der Waals surface area contributed by atoms with Gasteiger partial charge in [-0.15, -0.1) is 0 Å². The van der Waals surface area contributed by atoms with Crippen LogP contribution in [0.25, 0.3) is 22.1 Å². The van der Waals surface area contributed by atoms with Crippen molar-refractivity contribution >= 4 is 33.8 Å². The van der Waals surface area contributed by atoms with Crippen LogP contribution in [0.15, 0.2) is 18.3 Å². The van der Waals surface area contributed by atoms with Gasteiger partial charge >= 0.3 is 0 Å². The summed E-state index contributed by atoms with van der Waals surface area (Å²) >= 11 is 0. The van der Waals surface area contributed by atoms with Crippen molar-refractivity contribution in [3.05, 3.63) is 24.2 Å². The predicted octanol–water partition coefficient (Wildman–Crippen LogP) is 0.997. The summed E-state index contributed by atoms with van der Waals surface area (Å²) in [6.45, 7) is 3.27. The van der Waals surface area contributed by atoms with Crippen molar-refractivity contribution in [1.82, 2.24) is 24.8 Å². The maximum Gasteiger partial charge on any atom is 0.185 e. The van der Waals surface area contributed by atoms with Gasteiger partial charge in [-0.1, -0.05) is 6.92 Å². The lowest BCUT2D eigenvalue weighted by Gasteiger charge is -2.10. The molecule has 0 aliphatic rings. The van der Waals surface area contributed by atoms with Gasteiger partial charge in [0.2, 0.25) is 0 Å². The number of hydrogen-bond donors (Lipinski definition) is 4. The van der Waals surface area contributed by atoms with Crippen LogP contribution < -0.4 is 16.8 Å². The average Bonchev–Trinajstić information content (AvgIpc) is 2.87. The van der Waals surface area contributed by atoms with Crippen LogP contribution in [0.4, 0.5) is 5.82 Å². The fraction of sp³-hybridized carbons (Fsp3) is 0.333. The molecule has 6 N–H and O–H groups in total. The molecule has 0 saturated carbocycles. The van der Waals surface area contributed by atoms with Crippen LogP contribution in [0.5, 0.6) is 0 Å². The standard InChI is InChI=1S/C15H20N8/c1-2-4-10-22-12-13(23(10)8-7-20-15(17)18)11-9(21-14(12)16)5-3-6-19-11/h3,5-6H,2,4,7-8H2,1H3,(H2,16,21)(H4,17,18,20). The topological polar surface area (TPSA) is 132 Å². The van der Waals surface area contributed by atoms with Gasteiger partial charge in [0.1, 0.15) is 22.4 Å². The number of nitrogen functional groups attached to an aromatic ring is 1. The second-order valence-electron chi connectivity index (χ2n) is 5.34. The Bertz CT molecular complexity index is 867. The van der Waals surface area contributed by atoms with Crippen LogP contribution >= 0.6 is 0 Å². The minimum atomic E-state index is -0.0457. The molecule has 0 aliphatic heterocycles. The van der Waals surface area contributed by atoms with Crippen molar-refractivity contribution in [2.24, 2.45) is 5.73 Å². The van der Waals surface area contributed by atoms with Crippen molar-refractivity contribution in [1.29, 1.82) is 5.41 Å². The Labute approximate surface area is 133 Å². The van der Waals surface area contributed by atoms with E-state index in [1.807, 2.05) is 12.1 Å². The van der Waals surface area contributed by atoms with Gasteiger partial charge in [0.15, 0.2) is 11.8 Å². The van der Waals surface area contributed by atoms with E-state index in [1.165, 1.54) is 0 Å². The lowest BCUT2D eigenvalue weighted by atomic mass is 10.2. The van der Waals surface area contributed by atoms with Gasteiger partial charge in [0.05, 0.1) is 5.52 Å². The maximum absolute atomic E-state index is 7.29.